The molecule has 0 bridgehead atoms. The minimum Gasteiger partial charge on any atom is -0.337 e. The van der Waals surface area contributed by atoms with Crippen LogP contribution in [0.25, 0.3) is 0 Å². The predicted molar refractivity (Wildman–Crippen MR) is 78.2 cm³/mol. The second-order valence-corrected chi connectivity index (χ2v) is 5.64. The Kier molecular flexibility index (Phi) is 5.45. The van der Waals surface area contributed by atoms with Crippen molar-refractivity contribution in [3.05, 3.63) is 35.4 Å². The Morgan fingerprint density at radius 1 is 1.23 bits per heavy atom. The predicted octanol–water partition coefficient (Wildman–Crippen LogP) is 3.15. The molecule has 122 valence electrons. The van der Waals surface area contributed by atoms with E-state index in [1.54, 1.807) is 6.07 Å². The molecule has 22 heavy (non-hydrogen) atoms. The maximum absolute atomic E-state index is 13.0. The smallest absolute Gasteiger partial charge is 0.337 e. The van der Waals surface area contributed by atoms with Crippen LogP contribution in [0.2, 0.25) is 0 Å². The Balaban J connectivity index is 2.06. The number of alkyl halides is 3. The molecule has 3 nitrogen and oxygen atoms in total. The normalized spacial score (nSPS) is 16.0. The van der Waals surface area contributed by atoms with Gasteiger partial charge in [-0.3, -0.25) is 4.79 Å². The van der Waals surface area contributed by atoms with Gasteiger partial charge >= 0.3 is 6.18 Å². The maximum Gasteiger partial charge on any atom is 0.416 e. The number of carbonyl (C=O) groups is 1. The molecule has 1 aliphatic rings. The highest BCUT2D eigenvalue weighted by molar-refractivity contribution is 5.73. The van der Waals surface area contributed by atoms with E-state index in [1.807, 2.05) is 0 Å². The summed E-state index contributed by atoms with van der Waals surface area (Å²) in [5.74, 6) is -0.198. The molecule has 0 aromatic heterocycles. The summed E-state index contributed by atoms with van der Waals surface area (Å²) in [6, 6.07) is 5.45. The van der Waals surface area contributed by atoms with Gasteiger partial charge in [-0.15, -0.1) is 0 Å². The lowest BCUT2D eigenvalue weighted by Gasteiger charge is -2.25. The van der Waals surface area contributed by atoms with Crippen LogP contribution in [0.5, 0.6) is 0 Å². The molecule has 0 radical (unpaired) electrons. The van der Waals surface area contributed by atoms with Gasteiger partial charge in [0.05, 0.1) is 5.56 Å². The number of amides is 1. The molecule has 0 atom stereocenters. The topological polar surface area (TPSA) is 23.6 Å². The molecule has 1 aliphatic heterocycles. The summed E-state index contributed by atoms with van der Waals surface area (Å²) in [6.45, 7) is 4.59. The molecule has 1 heterocycles. The van der Waals surface area contributed by atoms with Crippen LogP contribution in [0.4, 0.5) is 13.2 Å². The first-order valence-electron chi connectivity index (χ1n) is 7.51. The minimum absolute atomic E-state index is 0.00113. The highest BCUT2D eigenvalue weighted by Crippen LogP contribution is 2.32. The third-order valence-corrected chi connectivity index (χ3v) is 4.01. The highest BCUT2D eigenvalue weighted by atomic mass is 19.4. The van der Waals surface area contributed by atoms with Gasteiger partial charge in [0.2, 0.25) is 5.91 Å². The molecule has 0 saturated carbocycles. The van der Waals surface area contributed by atoms with Crippen molar-refractivity contribution >= 4 is 5.91 Å². The maximum atomic E-state index is 13.0. The number of nitrogens with zero attached hydrogens (tertiary/aromatic N) is 2. The van der Waals surface area contributed by atoms with Crippen molar-refractivity contribution < 1.29 is 18.0 Å². The van der Waals surface area contributed by atoms with Gasteiger partial charge in [0.15, 0.2) is 0 Å². The van der Waals surface area contributed by atoms with E-state index >= 15 is 0 Å². The number of halogens is 3. The van der Waals surface area contributed by atoms with Crippen LogP contribution in [-0.2, 0) is 17.5 Å². The van der Waals surface area contributed by atoms with E-state index in [1.165, 1.54) is 24.0 Å². The van der Waals surface area contributed by atoms with E-state index in [9.17, 15) is 18.0 Å². The lowest BCUT2D eigenvalue weighted by atomic mass is 10.1. The molecule has 0 aliphatic carbocycles. The average Bonchev–Trinajstić information content (AvgIpc) is 2.95. The first-order chi connectivity index (χ1) is 10.4. The van der Waals surface area contributed by atoms with Crippen LogP contribution < -0.4 is 0 Å². The molecule has 0 unspecified atom stereocenters. The lowest BCUT2D eigenvalue weighted by Crippen LogP contribution is -2.36. The van der Waals surface area contributed by atoms with E-state index in [2.05, 4.69) is 4.90 Å². The Morgan fingerprint density at radius 2 is 1.86 bits per heavy atom. The van der Waals surface area contributed by atoms with E-state index in [-0.39, 0.29) is 18.0 Å². The van der Waals surface area contributed by atoms with Gasteiger partial charge in [0.1, 0.15) is 0 Å². The fourth-order valence-corrected chi connectivity index (χ4v) is 2.76. The third kappa shape index (κ3) is 4.47. The third-order valence-electron chi connectivity index (χ3n) is 4.01. The molecule has 6 heteroatoms. The van der Waals surface area contributed by atoms with Gasteiger partial charge in [-0.25, -0.2) is 0 Å². The minimum atomic E-state index is -4.39. The van der Waals surface area contributed by atoms with Crippen LogP contribution in [0.3, 0.4) is 0 Å². The quantitative estimate of drug-likeness (QED) is 0.833. The van der Waals surface area contributed by atoms with Crippen LogP contribution in [0.1, 0.15) is 30.9 Å². The monoisotopic (exact) mass is 314 g/mol. The summed E-state index contributed by atoms with van der Waals surface area (Å²) >= 11 is 0. The van der Waals surface area contributed by atoms with E-state index in [0.29, 0.717) is 13.1 Å². The fraction of sp³-hybridized carbons (Fsp3) is 0.562. The molecule has 2 rings (SSSR count). The number of hydrogen-bond donors (Lipinski definition) is 0. The molecular formula is C16H21F3N2O. The standard InChI is InChI=1S/C16H21F3N2O/c1-13(22)21(11-10-20-8-4-5-9-20)12-14-6-2-3-7-15(14)16(17,18)19/h2-3,6-7H,4-5,8-12H2,1H3. The van der Waals surface area contributed by atoms with E-state index < -0.39 is 11.7 Å². The summed E-state index contributed by atoms with van der Waals surface area (Å²) in [6.07, 6.45) is -2.10. The first-order valence-corrected chi connectivity index (χ1v) is 7.51. The summed E-state index contributed by atoms with van der Waals surface area (Å²) in [7, 11) is 0. The average molecular weight is 314 g/mol. The van der Waals surface area contributed by atoms with Crippen LogP contribution in [0.15, 0.2) is 24.3 Å². The molecule has 1 amide bonds. The van der Waals surface area contributed by atoms with Crippen molar-refractivity contribution in [2.75, 3.05) is 26.2 Å². The van der Waals surface area contributed by atoms with Crippen LogP contribution in [0, 0.1) is 0 Å². The second-order valence-electron chi connectivity index (χ2n) is 5.64. The lowest BCUT2D eigenvalue weighted by molar-refractivity contribution is -0.139. The molecule has 1 aromatic rings. The number of hydrogen-bond acceptors (Lipinski definition) is 2. The van der Waals surface area contributed by atoms with Gasteiger partial charge in [0, 0.05) is 26.6 Å². The van der Waals surface area contributed by atoms with Gasteiger partial charge in [-0.1, -0.05) is 18.2 Å². The van der Waals surface area contributed by atoms with Crippen molar-refractivity contribution in [1.82, 2.24) is 9.80 Å². The number of likely N-dealkylation sites (tertiary alicyclic amines) is 1. The Morgan fingerprint density at radius 3 is 2.45 bits per heavy atom. The SMILES string of the molecule is CC(=O)N(CCN1CCCC1)Cc1ccccc1C(F)(F)F. The van der Waals surface area contributed by atoms with Crippen LogP contribution in [-0.4, -0.2) is 41.9 Å². The molecule has 1 fully saturated rings. The van der Waals surface area contributed by atoms with Gasteiger partial charge in [-0.2, -0.15) is 13.2 Å². The van der Waals surface area contributed by atoms with Gasteiger partial charge < -0.3 is 9.80 Å². The summed E-state index contributed by atoms with van der Waals surface area (Å²) in [5.41, 5.74) is -0.519. The Bertz CT molecular complexity index is 510. The molecule has 1 saturated heterocycles. The van der Waals surface area contributed by atoms with Crippen molar-refractivity contribution in [2.24, 2.45) is 0 Å². The largest absolute Gasteiger partial charge is 0.416 e. The Hall–Kier alpha value is -1.56. The van der Waals surface area contributed by atoms with E-state index in [0.717, 1.165) is 32.0 Å². The molecule has 0 N–H and O–H groups in total. The number of carbonyl (C=O) groups excluding carboxylic acids is 1. The molecule has 1 aromatic carbocycles. The zero-order valence-electron chi connectivity index (χ0n) is 12.7. The van der Waals surface area contributed by atoms with Crippen molar-refractivity contribution in [3.8, 4) is 0 Å². The van der Waals surface area contributed by atoms with Crippen molar-refractivity contribution in [2.45, 2.75) is 32.5 Å². The van der Waals surface area contributed by atoms with Crippen LogP contribution >= 0.6 is 0 Å². The van der Waals surface area contributed by atoms with Gasteiger partial charge in [-0.05, 0) is 37.6 Å². The molecular weight excluding hydrogens is 293 g/mol. The first kappa shape index (κ1) is 16.8. The van der Waals surface area contributed by atoms with Crippen molar-refractivity contribution in [1.29, 1.82) is 0 Å². The van der Waals surface area contributed by atoms with Gasteiger partial charge in [0.25, 0.3) is 0 Å². The Labute approximate surface area is 128 Å². The summed E-state index contributed by atoms with van der Waals surface area (Å²) < 4.78 is 39.1. The summed E-state index contributed by atoms with van der Waals surface area (Å²) in [4.78, 5) is 15.5. The zero-order valence-corrected chi connectivity index (χ0v) is 12.7. The zero-order chi connectivity index (χ0) is 16.2. The summed E-state index contributed by atoms with van der Waals surface area (Å²) in [5, 5.41) is 0. The molecule has 0 spiro atoms. The highest BCUT2D eigenvalue weighted by Gasteiger charge is 2.33. The fourth-order valence-electron chi connectivity index (χ4n) is 2.76. The number of benzene rings is 1. The number of rotatable bonds is 5. The van der Waals surface area contributed by atoms with Crippen molar-refractivity contribution in [3.63, 3.8) is 0 Å². The van der Waals surface area contributed by atoms with E-state index in [4.69, 9.17) is 0 Å². The second kappa shape index (κ2) is 7.13.